The highest BCUT2D eigenvalue weighted by Gasteiger charge is 2.31. The SMILES string of the molecule is Cc1cc(C(=O)CN2CC(=O)NC(=O)C2C)c(C)[nH]1. The number of H-pyrrole nitrogens is 1. The summed E-state index contributed by atoms with van der Waals surface area (Å²) in [6, 6.07) is 1.32. The molecule has 0 bridgehead atoms. The van der Waals surface area contributed by atoms with Crippen LogP contribution in [0.1, 0.15) is 28.7 Å². The number of imide groups is 1. The molecule has 1 aliphatic rings. The standard InChI is InChI=1S/C13H17N3O3/c1-7-4-10(8(2)14-7)11(17)5-16-6-12(18)15-13(19)9(16)3/h4,9,14H,5-6H2,1-3H3,(H,15,18,19). The molecular weight excluding hydrogens is 246 g/mol. The number of aromatic amines is 1. The van der Waals surface area contributed by atoms with Crippen LogP contribution in [-0.4, -0.2) is 46.6 Å². The molecule has 2 heterocycles. The van der Waals surface area contributed by atoms with Gasteiger partial charge in [-0.15, -0.1) is 0 Å². The number of hydrogen-bond donors (Lipinski definition) is 2. The molecule has 2 N–H and O–H groups in total. The molecule has 0 saturated carbocycles. The van der Waals surface area contributed by atoms with Gasteiger partial charge in [-0.2, -0.15) is 0 Å². The number of carbonyl (C=O) groups excluding carboxylic acids is 3. The molecule has 6 nitrogen and oxygen atoms in total. The number of hydrogen-bond acceptors (Lipinski definition) is 4. The first kappa shape index (κ1) is 13.5. The summed E-state index contributed by atoms with van der Waals surface area (Å²) in [6.45, 7) is 5.53. The van der Waals surface area contributed by atoms with Gasteiger partial charge in [-0.1, -0.05) is 0 Å². The van der Waals surface area contributed by atoms with Crippen LogP contribution in [0.5, 0.6) is 0 Å². The van der Waals surface area contributed by atoms with Crippen LogP contribution in [0.15, 0.2) is 6.07 Å². The van der Waals surface area contributed by atoms with E-state index in [1.165, 1.54) is 0 Å². The molecule has 1 unspecified atom stereocenters. The fraction of sp³-hybridized carbons (Fsp3) is 0.462. The zero-order valence-electron chi connectivity index (χ0n) is 11.2. The van der Waals surface area contributed by atoms with E-state index in [1.54, 1.807) is 17.9 Å². The molecule has 102 valence electrons. The molecule has 1 fully saturated rings. The summed E-state index contributed by atoms with van der Waals surface area (Å²) in [7, 11) is 0. The minimum Gasteiger partial charge on any atom is -0.362 e. The molecule has 1 aromatic rings. The Morgan fingerprint density at radius 3 is 2.68 bits per heavy atom. The van der Waals surface area contributed by atoms with Crippen molar-refractivity contribution in [2.45, 2.75) is 26.8 Å². The van der Waals surface area contributed by atoms with Crippen molar-refractivity contribution in [2.75, 3.05) is 13.1 Å². The molecule has 1 atom stereocenters. The maximum Gasteiger partial charge on any atom is 0.243 e. The van der Waals surface area contributed by atoms with Crippen LogP contribution in [0, 0.1) is 13.8 Å². The second kappa shape index (κ2) is 4.97. The van der Waals surface area contributed by atoms with Crippen molar-refractivity contribution in [3.05, 3.63) is 23.0 Å². The minimum absolute atomic E-state index is 0.0679. The predicted molar refractivity (Wildman–Crippen MR) is 68.8 cm³/mol. The monoisotopic (exact) mass is 263 g/mol. The zero-order chi connectivity index (χ0) is 14.2. The number of nitrogens with zero attached hydrogens (tertiary/aromatic N) is 1. The van der Waals surface area contributed by atoms with Gasteiger partial charge in [0.25, 0.3) is 0 Å². The Morgan fingerprint density at radius 1 is 1.42 bits per heavy atom. The molecule has 1 aromatic heterocycles. The molecule has 19 heavy (non-hydrogen) atoms. The van der Waals surface area contributed by atoms with Gasteiger partial charge in [0.2, 0.25) is 11.8 Å². The van der Waals surface area contributed by atoms with Crippen molar-refractivity contribution in [1.82, 2.24) is 15.2 Å². The number of aromatic nitrogens is 1. The van der Waals surface area contributed by atoms with Gasteiger partial charge in [-0.25, -0.2) is 0 Å². The quantitative estimate of drug-likeness (QED) is 0.601. The van der Waals surface area contributed by atoms with E-state index in [0.29, 0.717) is 5.56 Å². The van der Waals surface area contributed by atoms with E-state index < -0.39 is 6.04 Å². The fourth-order valence-electron chi connectivity index (χ4n) is 2.24. The maximum atomic E-state index is 12.2. The first-order valence-electron chi connectivity index (χ1n) is 6.15. The average molecular weight is 263 g/mol. The Hall–Kier alpha value is -1.95. The molecule has 2 rings (SSSR count). The van der Waals surface area contributed by atoms with Crippen LogP contribution < -0.4 is 5.32 Å². The summed E-state index contributed by atoms with van der Waals surface area (Å²) in [4.78, 5) is 39.7. The Morgan fingerprint density at radius 2 is 2.11 bits per heavy atom. The third-order valence-corrected chi connectivity index (χ3v) is 3.33. The normalized spacial score (nSPS) is 20.5. The van der Waals surface area contributed by atoms with Gasteiger partial charge >= 0.3 is 0 Å². The molecule has 0 spiro atoms. The number of Topliss-reactive ketones (excluding diaryl/α,β-unsaturated/α-hetero) is 1. The molecule has 0 aliphatic carbocycles. The summed E-state index contributed by atoms with van der Waals surface area (Å²) in [5.41, 5.74) is 2.34. The van der Waals surface area contributed by atoms with E-state index in [2.05, 4.69) is 10.3 Å². The summed E-state index contributed by atoms with van der Waals surface area (Å²) in [5, 5.41) is 2.25. The van der Waals surface area contributed by atoms with Crippen molar-refractivity contribution in [2.24, 2.45) is 0 Å². The second-order valence-corrected chi connectivity index (χ2v) is 4.91. The molecule has 1 saturated heterocycles. The van der Waals surface area contributed by atoms with Gasteiger partial charge in [0.1, 0.15) is 0 Å². The minimum atomic E-state index is -0.470. The van der Waals surface area contributed by atoms with Crippen LogP contribution in [0.2, 0.25) is 0 Å². The molecule has 2 amide bonds. The third kappa shape index (κ3) is 2.73. The highest BCUT2D eigenvalue weighted by Crippen LogP contribution is 2.13. The van der Waals surface area contributed by atoms with Crippen molar-refractivity contribution >= 4 is 17.6 Å². The van der Waals surface area contributed by atoms with Gasteiger partial charge in [0, 0.05) is 17.0 Å². The van der Waals surface area contributed by atoms with Crippen molar-refractivity contribution in [3.63, 3.8) is 0 Å². The van der Waals surface area contributed by atoms with Crippen LogP contribution in [0.4, 0.5) is 0 Å². The van der Waals surface area contributed by atoms with Gasteiger partial charge in [0.15, 0.2) is 5.78 Å². The van der Waals surface area contributed by atoms with Gasteiger partial charge in [-0.3, -0.25) is 24.6 Å². The predicted octanol–water partition coefficient (Wildman–Crippen LogP) is 0.161. The number of amides is 2. The maximum absolute atomic E-state index is 12.2. The summed E-state index contributed by atoms with van der Waals surface area (Å²) in [6.07, 6.45) is 0. The zero-order valence-corrected chi connectivity index (χ0v) is 11.2. The van der Waals surface area contributed by atoms with E-state index in [-0.39, 0.29) is 30.7 Å². The van der Waals surface area contributed by atoms with E-state index in [0.717, 1.165) is 11.4 Å². The van der Waals surface area contributed by atoms with E-state index in [4.69, 9.17) is 0 Å². The van der Waals surface area contributed by atoms with Crippen molar-refractivity contribution < 1.29 is 14.4 Å². The second-order valence-electron chi connectivity index (χ2n) is 4.91. The lowest BCUT2D eigenvalue weighted by molar-refractivity contribution is -0.139. The number of piperazine rings is 1. The Labute approximate surface area is 111 Å². The first-order chi connectivity index (χ1) is 8.88. The van der Waals surface area contributed by atoms with Crippen LogP contribution in [-0.2, 0) is 9.59 Å². The highest BCUT2D eigenvalue weighted by atomic mass is 16.2. The van der Waals surface area contributed by atoms with Crippen LogP contribution in [0.25, 0.3) is 0 Å². The molecular formula is C13H17N3O3. The number of ketones is 1. The van der Waals surface area contributed by atoms with Crippen LogP contribution in [0.3, 0.4) is 0 Å². The van der Waals surface area contributed by atoms with Gasteiger partial charge in [-0.05, 0) is 26.8 Å². The Balaban J connectivity index is 2.12. The van der Waals surface area contributed by atoms with Crippen molar-refractivity contribution in [3.8, 4) is 0 Å². The summed E-state index contributed by atoms with van der Waals surface area (Å²) in [5.74, 6) is -0.805. The number of nitrogens with one attached hydrogen (secondary N) is 2. The van der Waals surface area contributed by atoms with Crippen molar-refractivity contribution in [1.29, 1.82) is 0 Å². The van der Waals surface area contributed by atoms with Gasteiger partial charge < -0.3 is 4.98 Å². The average Bonchev–Trinajstić information content (AvgIpc) is 2.64. The lowest BCUT2D eigenvalue weighted by Gasteiger charge is -2.30. The van der Waals surface area contributed by atoms with E-state index in [1.807, 2.05) is 13.8 Å². The fourth-order valence-corrected chi connectivity index (χ4v) is 2.24. The Kier molecular flexibility index (Phi) is 3.53. The largest absolute Gasteiger partial charge is 0.362 e. The summed E-state index contributed by atoms with van der Waals surface area (Å²) < 4.78 is 0. The first-order valence-corrected chi connectivity index (χ1v) is 6.15. The molecule has 0 radical (unpaired) electrons. The number of rotatable bonds is 3. The van der Waals surface area contributed by atoms with Gasteiger partial charge in [0.05, 0.1) is 19.1 Å². The summed E-state index contributed by atoms with van der Waals surface area (Å²) >= 11 is 0. The lowest BCUT2D eigenvalue weighted by Crippen LogP contribution is -2.57. The highest BCUT2D eigenvalue weighted by molar-refractivity contribution is 6.03. The van der Waals surface area contributed by atoms with E-state index >= 15 is 0 Å². The lowest BCUT2D eigenvalue weighted by atomic mass is 10.1. The molecule has 1 aliphatic heterocycles. The smallest absolute Gasteiger partial charge is 0.243 e. The number of aryl methyl sites for hydroxylation is 2. The van der Waals surface area contributed by atoms with Crippen LogP contribution >= 0.6 is 0 Å². The number of carbonyl (C=O) groups is 3. The topological polar surface area (TPSA) is 82.3 Å². The third-order valence-electron chi connectivity index (χ3n) is 3.33. The Bertz CT molecular complexity index is 547. The molecule has 0 aromatic carbocycles. The molecule has 6 heteroatoms. The van der Waals surface area contributed by atoms with E-state index in [9.17, 15) is 14.4 Å².